The predicted octanol–water partition coefficient (Wildman–Crippen LogP) is 3.51. The molecule has 2 aromatic rings. The quantitative estimate of drug-likeness (QED) is 0.777. The Balaban J connectivity index is 2.39. The van der Waals surface area contributed by atoms with Crippen molar-refractivity contribution in [3.05, 3.63) is 52.9 Å². The Bertz CT molecular complexity index is 605. The van der Waals surface area contributed by atoms with Gasteiger partial charge in [0.2, 0.25) is 0 Å². The molecular weight excluding hydrogens is 253 g/mol. The molecule has 0 saturated carbocycles. The minimum absolute atomic E-state index is 0.248. The first-order chi connectivity index (χ1) is 8.60. The summed E-state index contributed by atoms with van der Waals surface area (Å²) >= 11 is 5.84. The molecule has 1 aromatic carbocycles. The molecule has 0 aliphatic carbocycles. The highest BCUT2D eigenvalue weighted by molar-refractivity contribution is 6.29. The SMILES string of the molecule is CN(c1ccc(F)cc1)c1cc(C#N)cc(Cl)n1. The Kier molecular flexibility index (Phi) is 3.45. The average molecular weight is 262 g/mol. The first-order valence-corrected chi connectivity index (χ1v) is 5.55. The second-order valence-corrected chi connectivity index (χ2v) is 4.07. The number of hydrogen-bond acceptors (Lipinski definition) is 3. The highest BCUT2D eigenvalue weighted by Crippen LogP contribution is 2.24. The van der Waals surface area contributed by atoms with E-state index in [0.29, 0.717) is 11.4 Å². The van der Waals surface area contributed by atoms with E-state index in [4.69, 9.17) is 16.9 Å². The second-order valence-electron chi connectivity index (χ2n) is 3.68. The molecule has 2 rings (SSSR count). The van der Waals surface area contributed by atoms with Gasteiger partial charge >= 0.3 is 0 Å². The number of anilines is 2. The molecule has 0 spiro atoms. The summed E-state index contributed by atoms with van der Waals surface area (Å²) in [5, 5.41) is 9.12. The maximum absolute atomic E-state index is 12.8. The van der Waals surface area contributed by atoms with Gasteiger partial charge in [-0.1, -0.05) is 11.6 Å². The summed E-state index contributed by atoms with van der Waals surface area (Å²) in [5.41, 5.74) is 1.19. The van der Waals surface area contributed by atoms with E-state index in [-0.39, 0.29) is 11.0 Å². The summed E-state index contributed by atoms with van der Waals surface area (Å²) in [7, 11) is 1.77. The summed E-state index contributed by atoms with van der Waals surface area (Å²) < 4.78 is 12.8. The van der Waals surface area contributed by atoms with Gasteiger partial charge in [0.1, 0.15) is 16.8 Å². The monoisotopic (exact) mass is 261 g/mol. The maximum atomic E-state index is 12.8. The Labute approximate surface area is 109 Å². The van der Waals surface area contributed by atoms with Crippen molar-refractivity contribution in [3.8, 4) is 6.07 Å². The number of pyridine rings is 1. The van der Waals surface area contributed by atoms with E-state index in [9.17, 15) is 4.39 Å². The van der Waals surface area contributed by atoms with Crippen molar-refractivity contribution in [3.63, 3.8) is 0 Å². The normalized spacial score (nSPS) is 9.89. The minimum Gasteiger partial charge on any atom is -0.329 e. The molecule has 5 heteroatoms. The lowest BCUT2D eigenvalue weighted by Gasteiger charge is -2.18. The van der Waals surface area contributed by atoms with Gasteiger partial charge in [0.25, 0.3) is 0 Å². The van der Waals surface area contributed by atoms with E-state index in [0.717, 1.165) is 5.69 Å². The van der Waals surface area contributed by atoms with Crippen molar-refractivity contribution >= 4 is 23.1 Å². The molecule has 1 aromatic heterocycles. The molecule has 0 bridgehead atoms. The molecule has 90 valence electrons. The molecule has 0 aliphatic rings. The van der Waals surface area contributed by atoms with E-state index >= 15 is 0 Å². The molecule has 0 saturated heterocycles. The summed E-state index contributed by atoms with van der Waals surface area (Å²) in [5.74, 6) is 0.231. The van der Waals surface area contributed by atoms with Crippen LogP contribution >= 0.6 is 11.6 Å². The van der Waals surface area contributed by atoms with Crippen LogP contribution in [-0.2, 0) is 0 Å². The van der Waals surface area contributed by atoms with E-state index < -0.39 is 0 Å². The zero-order valence-corrected chi connectivity index (χ0v) is 10.3. The predicted molar refractivity (Wildman–Crippen MR) is 68.4 cm³/mol. The Morgan fingerprint density at radius 3 is 2.56 bits per heavy atom. The van der Waals surface area contributed by atoms with Crippen LogP contribution in [-0.4, -0.2) is 12.0 Å². The summed E-state index contributed by atoms with van der Waals surface area (Å²) in [6, 6.07) is 11.1. The van der Waals surface area contributed by atoms with E-state index in [1.165, 1.54) is 18.2 Å². The van der Waals surface area contributed by atoms with Crippen LogP contribution in [0.1, 0.15) is 5.56 Å². The fourth-order valence-corrected chi connectivity index (χ4v) is 1.72. The van der Waals surface area contributed by atoms with Crippen molar-refractivity contribution in [1.29, 1.82) is 5.26 Å². The molecule has 1 heterocycles. The molecule has 0 amide bonds. The van der Waals surface area contributed by atoms with Gasteiger partial charge in [-0.05, 0) is 36.4 Å². The zero-order chi connectivity index (χ0) is 13.1. The highest BCUT2D eigenvalue weighted by Gasteiger charge is 2.08. The number of hydrogen-bond donors (Lipinski definition) is 0. The number of benzene rings is 1. The minimum atomic E-state index is -0.302. The maximum Gasteiger partial charge on any atom is 0.135 e. The van der Waals surface area contributed by atoms with Crippen LogP contribution in [0.2, 0.25) is 5.15 Å². The van der Waals surface area contributed by atoms with Gasteiger partial charge in [-0.25, -0.2) is 9.37 Å². The van der Waals surface area contributed by atoms with E-state index in [1.54, 1.807) is 30.1 Å². The van der Waals surface area contributed by atoms with Gasteiger partial charge in [-0.2, -0.15) is 5.26 Å². The molecule has 3 nitrogen and oxygen atoms in total. The van der Waals surface area contributed by atoms with Gasteiger partial charge in [0.05, 0.1) is 11.6 Å². The molecule has 18 heavy (non-hydrogen) atoms. The summed E-state index contributed by atoms with van der Waals surface area (Å²) in [6.07, 6.45) is 0. The Hall–Kier alpha value is -2.12. The van der Waals surface area contributed by atoms with Crippen LogP contribution < -0.4 is 4.90 Å². The van der Waals surface area contributed by atoms with E-state index in [2.05, 4.69) is 4.98 Å². The van der Waals surface area contributed by atoms with Crippen LogP contribution in [0.15, 0.2) is 36.4 Å². The molecule has 0 fully saturated rings. The first-order valence-electron chi connectivity index (χ1n) is 5.17. The standard InChI is InChI=1S/C13H9ClFN3/c1-18(11-4-2-10(15)3-5-11)13-7-9(8-16)6-12(14)17-13/h2-7H,1H3. The summed E-state index contributed by atoms with van der Waals surface area (Å²) in [6.45, 7) is 0. The smallest absolute Gasteiger partial charge is 0.135 e. The fourth-order valence-electron chi connectivity index (χ4n) is 1.52. The molecule has 0 unspecified atom stereocenters. The fraction of sp³-hybridized carbons (Fsp3) is 0.0769. The van der Waals surface area contributed by atoms with Crippen molar-refractivity contribution in [2.75, 3.05) is 11.9 Å². The third-order valence-corrected chi connectivity index (χ3v) is 2.66. The molecular formula is C13H9ClFN3. The van der Waals surface area contributed by atoms with Crippen molar-refractivity contribution in [1.82, 2.24) is 4.98 Å². The van der Waals surface area contributed by atoms with Crippen LogP contribution in [0.25, 0.3) is 0 Å². The van der Waals surface area contributed by atoms with Crippen LogP contribution in [0, 0.1) is 17.1 Å². The van der Waals surface area contributed by atoms with Gasteiger partial charge in [0, 0.05) is 12.7 Å². The van der Waals surface area contributed by atoms with E-state index in [1.807, 2.05) is 6.07 Å². The topological polar surface area (TPSA) is 39.9 Å². The highest BCUT2D eigenvalue weighted by atomic mass is 35.5. The number of rotatable bonds is 2. The van der Waals surface area contributed by atoms with Gasteiger partial charge in [-0.15, -0.1) is 0 Å². The Morgan fingerprint density at radius 2 is 1.94 bits per heavy atom. The third kappa shape index (κ3) is 2.58. The third-order valence-electron chi connectivity index (χ3n) is 2.47. The number of aromatic nitrogens is 1. The molecule has 0 radical (unpaired) electrons. The number of halogens is 2. The van der Waals surface area contributed by atoms with Gasteiger partial charge in [-0.3, -0.25) is 0 Å². The second kappa shape index (κ2) is 5.03. The number of nitriles is 1. The van der Waals surface area contributed by atoms with Gasteiger partial charge < -0.3 is 4.90 Å². The lowest BCUT2D eigenvalue weighted by molar-refractivity contribution is 0.628. The van der Waals surface area contributed by atoms with Crippen molar-refractivity contribution in [2.45, 2.75) is 0 Å². The average Bonchev–Trinajstić information content (AvgIpc) is 2.38. The number of nitrogens with zero attached hydrogens (tertiary/aromatic N) is 3. The summed E-state index contributed by atoms with van der Waals surface area (Å²) in [4.78, 5) is 5.86. The zero-order valence-electron chi connectivity index (χ0n) is 9.56. The van der Waals surface area contributed by atoms with Crippen LogP contribution in [0.3, 0.4) is 0 Å². The molecule has 0 aliphatic heterocycles. The largest absolute Gasteiger partial charge is 0.329 e. The van der Waals surface area contributed by atoms with Gasteiger partial charge in [0.15, 0.2) is 0 Å². The molecule has 0 atom stereocenters. The van der Waals surface area contributed by atoms with Crippen LogP contribution in [0.5, 0.6) is 0 Å². The lowest BCUT2D eigenvalue weighted by atomic mass is 10.2. The van der Waals surface area contributed by atoms with Crippen molar-refractivity contribution < 1.29 is 4.39 Å². The first kappa shape index (κ1) is 12.3. The van der Waals surface area contributed by atoms with Crippen molar-refractivity contribution in [2.24, 2.45) is 0 Å². The molecule has 0 N–H and O–H groups in total. The Morgan fingerprint density at radius 1 is 1.28 bits per heavy atom. The van der Waals surface area contributed by atoms with Crippen LogP contribution in [0.4, 0.5) is 15.9 Å². The lowest BCUT2D eigenvalue weighted by Crippen LogP contribution is -2.11.